The first-order valence-corrected chi connectivity index (χ1v) is 10.6. The van der Waals surface area contributed by atoms with Crippen molar-refractivity contribution in [2.45, 2.75) is 51.6 Å². The Morgan fingerprint density at radius 2 is 1.81 bits per heavy atom. The van der Waals surface area contributed by atoms with E-state index in [1.165, 1.54) is 38.2 Å². The summed E-state index contributed by atoms with van der Waals surface area (Å²) in [4.78, 5) is 16.7. The maximum Gasteiger partial charge on any atom is 0.130 e. The maximum atomic E-state index is 9.35. The van der Waals surface area contributed by atoms with Crippen LogP contribution in [0.25, 0.3) is 0 Å². The molecule has 0 amide bonds. The van der Waals surface area contributed by atoms with Crippen molar-refractivity contribution in [1.29, 1.82) is 0 Å². The third-order valence-corrected chi connectivity index (χ3v) is 6.17. The van der Waals surface area contributed by atoms with Crippen molar-refractivity contribution in [3.8, 4) is 0 Å². The predicted octanol–water partition coefficient (Wildman–Crippen LogP) is 1.81. The number of likely N-dealkylation sites (tertiary alicyclic amines) is 1. The summed E-state index contributed by atoms with van der Waals surface area (Å²) >= 11 is 0. The quantitative estimate of drug-likeness (QED) is 0.784. The second-order valence-corrected chi connectivity index (χ2v) is 8.66. The average Bonchev–Trinajstić information content (AvgIpc) is 2.68. The summed E-state index contributed by atoms with van der Waals surface area (Å²) < 4.78 is 0. The van der Waals surface area contributed by atoms with Crippen LogP contribution in [-0.2, 0) is 6.54 Å². The maximum absolute atomic E-state index is 9.35. The smallest absolute Gasteiger partial charge is 0.130 e. The number of piperazine rings is 1. The molecule has 0 radical (unpaired) electrons. The van der Waals surface area contributed by atoms with Crippen LogP contribution in [0.3, 0.4) is 0 Å². The Morgan fingerprint density at radius 3 is 2.44 bits per heavy atom. The molecule has 1 N–H and O–H groups in total. The largest absolute Gasteiger partial charge is 0.396 e. The van der Waals surface area contributed by atoms with Crippen molar-refractivity contribution in [3.63, 3.8) is 0 Å². The van der Waals surface area contributed by atoms with Gasteiger partial charge in [-0.3, -0.25) is 9.80 Å². The van der Waals surface area contributed by atoms with Gasteiger partial charge in [-0.1, -0.05) is 13.8 Å². The van der Waals surface area contributed by atoms with Gasteiger partial charge in [0.05, 0.1) is 0 Å². The van der Waals surface area contributed by atoms with E-state index in [9.17, 15) is 5.11 Å². The average molecular weight is 376 g/mol. The third kappa shape index (κ3) is 5.70. The lowest BCUT2D eigenvalue weighted by Gasteiger charge is -2.46. The minimum absolute atomic E-state index is 0.302. The van der Waals surface area contributed by atoms with E-state index in [1.807, 2.05) is 12.4 Å². The Hall–Kier alpha value is -1.08. The van der Waals surface area contributed by atoms with Gasteiger partial charge in [0.2, 0.25) is 0 Å². The van der Waals surface area contributed by atoms with Crippen LogP contribution in [0.5, 0.6) is 0 Å². The van der Waals surface area contributed by atoms with Gasteiger partial charge in [0.15, 0.2) is 0 Å². The van der Waals surface area contributed by atoms with Crippen molar-refractivity contribution in [1.82, 2.24) is 24.7 Å². The van der Waals surface area contributed by atoms with Gasteiger partial charge in [0.25, 0.3) is 0 Å². The summed E-state index contributed by atoms with van der Waals surface area (Å²) in [6, 6.07) is 0.668. The summed E-state index contributed by atoms with van der Waals surface area (Å²) in [6.45, 7) is 12.5. The highest BCUT2D eigenvalue weighted by molar-refractivity contribution is 5.07. The molecule has 0 bridgehead atoms. The molecule has 2 atom stereocenters. The predicted molar refractivity (Wildman–Crippen MR) is 109 cm³/mol. The summed E-state index contributed by atoms with van der Waals surface area (Å²) in [7, 11) is 2.22. The first-order chi connectivity index (χ1) is 13.1. The van der Waals surface area contributed by atoms with Crippen molar-refractivity contribution < 1.29 is 5.11 Å². The Kier molecular flexibility index (Phi) is 7.58. The molecule has 0 spiro atoms. The van der Waals surface area contributed by atoms with Gasteiger partial charge < -0.3 is 10.0 Å². The van der Waals surface area contributed by atoms with Crippen LogP contribution in [-0.4, -0.2) is 88.7 Å². The van der Waals surface area contributed by atoms with Crippen LogP contribution in [0, 0.1) is 5.92 Å². The molecule has 0 unspecified atom stereocenters. The molecule has 1 aromatic heterocycles. The number of aliphatic hydroxyl groups is 1. The summed E-state index contributed by atoms with van der Waals surface area (Å²) in [5, 5.41) is 9.35. The zero-order valence-corrected chi connectivity index (χ0v) is 17.3. The molecule has 0 saturated carbocycles. The van der Waals surface area contributed by atoms with Crippen LogP contribution in [0.15, 0.2) is 12.4 Å². The molecule has 2 aliphatic heterocycles. The van der Waals surface area contributed by atoms with Crippen LogP contribution < -0.4 is 0 Å². The third-order valence-electron chi connectivity index (χ3n) is 6.17. The standard InChI is InChI=1S/C21H37N5O/c1-17(2)21-22-13-18(14-23-21)15-25-7-6-20(19(16-25)5-4-12-27)26-10-8-24(3)9-11-26/h13-14,17,19-20,27H,4-12,15-16H2,1-3H3/t19-,20+/m1/s1. The molecule has 3 rings (SSSR count). The number of aromatic nitrogens is 2. The Morgan fingerprint density at radius 1 is 1.11 bits per heavy atom. The van der Waals surface area contributed by atoms with Gasteiger partial charge in [0, 0.05) is 75.8 Å². The van der Waals surface area contributed by atoms with Gasteiger partial charge in [0.1, 0.15) is 5.82 Å². The zero-order valence-electron chi connectivity index (χ0n) is 17.3. The fraction of sp³-hybridized carbons (Fsp3) is 0.810. The second kappa shape index (κ2) is 9.92. The number of likely N-dealkylation sites (N-methyl/N-ethyl adjacent to an activating group) is 1. The number of rotatable bonds is 7. The van der Waals surface area contributed by atoms with E-state index in [1.54, 1.807) is 0 Å². The molecule has 27 heavy (non-hydrogen) atoms. The number of nitrogens with zero attached hydrogens (tertiary/aromatic N) is 5. The molecule has 2 saturated heterocycles. The monoisotopic (exact) mass is 375 g/mol. The summed E-state index contributed by atoms with van der Waals surface area (Å²) in [6.07, 6.45) is 7.25. The number of hydrogen-bond acceptors (Lipinski definition) is 6. The van der Waals surface area contributed by atoms with Gasteiger partial charge in [-0.15, -0.1) is 0 Å². The first kappa shape index (κ1) is 20.6. The molecular weight excluding hydrogens is 338 g/mol. The fourth-order valence-electron chi connectivity index (χ4n) is 4.51. The number of hydrogen-bond donors (Lipinski definition) is 1. The highest BCUT2D eigenvalue weighted by atomic mass is 16.2. The minimum atomic E-state index is 0.302. The first-order valence-electron chi connectivity index (χ1n) is 10.6. The molecule has 6 nitrogen and oxygen atoms in total. The van der Waals surface area contributed by atoms with E-state index in [2.05, 4.69) is 45.6 Å². The lowest BCUT2D eigenvalue weighted by molar-refractivity contribution is 0.0211. The SMILES string of the molecule is CC(C)c1ncc(CN2CC[C@H](N3CCN(C)CC3)[C@H](CCCO)C2)cn1. The lowest BCUT2D eigenvalue weighted by Crippen LogP contribution is -2.56. The van der Waals surface area contributed by atoms with Crippen LogP contribution in [0.2, 0.25) is 0 Å². The van der Waals surface area contributed by atoms with Gasteiger partial charge in [-0.05, 0) is 38.8 Å². The zero-order chi connectivity index (χ0) is 19.2. The molecule has 2 fully saturated rings. The molecule has 1 aromatic rings. The van der Waals surface area contributed by atoms with E-state index >= 15 is 0 Å². The Balaban J connectivity index is 1.59. The van der Waals surface area contributed by atoms with Crippen LogP contribution >= 0.6 is 0 Å². The minimum Gasteiger partial charge on any atom is -0.396 e. The van der Waals surface area contributed by atoms with E-state index in [0.717, 1.165) is 38.3 Å². The Bertz CT molecular complexity index is 556. The molecule has 6 heteroatoms. The molecule has 0 aliphatic carbocycles. The Labute approximate surface area is 164 Å². The molecular formula is C21H37N5O. The molecule has 3 heterocycles. The number of piperidine rings is 1. The summed E-state index contributed by atoms with van der Waals surface area (Å²) in [5.74, 6) is 1.94. The fourth-order valence-corrected chi connectivity index (χ4v) is 4.51. The molecule has 2 aliphatic rings. The van der Waals surface area contributed by atoms with E-state index < -0.39 is 0 Å². The van der Waals surface area contributed by atoms with Crippen molar-refractivity contribution in [3.05, 3.63) is 23.8 Å². The van der Waals surface area contributed by atoms with Gasteiger partial charge in [-0.25, -0.2) is 9.97 Å². The van der Waals surface area contributed by atoms with Crippen molar-refractivity contribution in [2.24, 2.45) is 5.92 Å². The molecule has 0 aromatic carbocycles. The second-order valence-electron chi connectivity index (χ2n) is 8.66. The van der Waals surface area contributed by atoms with Crippen molar-refractivity contribution in [2.75, 3.05) is 52.9 Å². The van der Waals surface area contributed by atoms with E-state index in [-0.39, 0.29) is 0 Å². The topological polar surface area (TPSA) is 55.7 Å². The molecule has 152 valence electrons. The van der Waals surface area contributed by atoms with Crippen LogP contribution in [0.1, 0.15) is 50.4 Å². The lowest BCUT2D eigenvalue weighted by atomic mass is 9.86. The highest BCUT2D eigenvalue weighted by Crippen LogP contribution is 2.28. The van der Waals surface area contributed by atoms with Crippen molar-refractivity contribution >= 4 is 0 Å². The highest BCUT2D eigenvalue weighted by Gasteiger charge is 2.34. The normalized spacial score (nSPS) is 26.0. The van der Waals surface area contributed by atoms with E-state index in [4.69, 9.17) is 0 Å². The van der Waals surface area contributed by atoms with Gasteiger partial charge >= 0.3 is 0 Å². The van der Waals surface area contributed by atoms with Gasteiger partial charge in [-0.2, -0.15) is 0 Å². The van der Waals surface area contributed by atoms with Crippen LogP contribution in [0.4, 0.5) is 0 Å². The number of aliphatic hydroxyl groups excluding tert-OH is 1. The van der Waals surface area contributed by atoms with E-state index in [0.29, 0.717) is 24.5 Å². The summed E-state index contributed by atoms with van der Waals surface area (Å²) in [5.41, 5.74) is 1.21.